The Hall–Kier alpha value is -3.35. The molecule has 0 unspecified atom stereocenters. The second-order valence-electron chi connectivity index (χ2n) is 10.4. The number of hydrogen-bond donors (Lipinski definition) is 3. The fourth-order valence-corrected chi connectivity index (χ4v) is 3.27. The molecular weight excluding hydrogens is 476 g/mol. The van der Waals surface area contributed by atoms with E-state index in [0.29, 0.717) is 34.4 Å². The summed E-state index contributed by atoms with van der Waals surface area (Å²) in [5, 5.41) is 14.7. The fraction of sp³-hybridized carbons (Fsp3) is 0.516. The van der Waals surface area contributed by atoms with E-state index in [-0.39, 0.29) is 6.10 Å². The summed E-state index contributed by atoms with van der Waals surface area (Å²) in [4.78, 5) is 17.0. The van der Waals surface area contributed by atoms with Crippen LogP contribution in [-0.4, -0.2) is 29.4 Å². The third kappa shape index (κ3) is 12.7. The Morgan fingerprint density at radius 3 is 2.26 bits per heavy atom. The number of allylic oxidation sites excluding steroid dienone is 8. The van der Waals surface area contributed by atoms with Gasteiger partial charge in [-0.1, -0.05) is 39.0 Å². The maximum absolute atomic E-state index is 12.3. The van der Waals surface area contributed by atoms with Crippen molar-refractivity contribution in [3.8, 4) is 0 Å². The molecule has 0 saturated heterocycles. The van der Waals surface area contributed by atoms with E-state index in [1.807, 2.05) is 71.9 Å². The van der Waals surface area contributed by atoms with Crippen LogP contribution in [0.4, 0.5) is 4.79 Å². The molecule has 0 radical (unpaired) electrons. The van der Waals surface area contributed by atoms with E-state index in [9.17, 15) is 4.79 Å². The number of rotatable bonds is 13. The summed E-state index contributed by atoms with van der Waals surface area (Å²) < 4.78 is 11.4. The second-order valence-corrected chi connectivity index (χ2v) is 10.4. The lowest BCUT2D eigenvalue weighted by molar-refractivity contribution is 0.0547. The van der Waals surface area contributed by atoms with Gasteiger partial charge in [0.2, 0.25) is 5.90 Å². The van der Waals surface area contributed by atoms with E-state index >= 15 is 0 Å². The summed E-state index contributed by atoms with van der Waals surface area (Å²) in [6, 6.07) is 0. The van der Waals surface area contributed by atoms with Gasteiger partial charge in [0.25, 0.3) is 0 Å². The predicted octanol–water partition coefficient (Wildman–Crippen LogP) is 8.01. The average Bonchev–Trinajstić information content (AvgIpc) is 3.63. The number of hydrogen-bond acceptors (Lipinski definition) is 6. The molecule has 0 spiro atoms. The van der Waals surface area contributed by atoms with E-state index in [0.717, 1.165) is 43.3 Å². The molecule has 7 nitrogen and oxygen atoms in total. The van der Waals surface area contributed by atoms with Gasteiger partial charge in [-0.2, -0.15) is 4.99 Å². The lowest BCUT2D eigenvalue weighted by Gasteiger charge is -2.20. The summed E-state index contributed by atoms with van der Waals surface area (Å²) >= 11 is 0. The maximum atomic E-state index is 12.3. The van der Waals surface area contributed by atoms with E-state index < -0.39 is 11.7 Å². The van der Waals surface area contributed by atoms with Crippen LogP contribution >= 0.6 is 0 Å². The zero-order valence-electron chi connectivity index (χ0n) is 24.9. The number of carbonyl (C=O) groups excluding carboxylic acids is 1. The van der Waals surface area contributed by atoms with Crippen LogP contribution in [0, 0.1) is 5.41 Å². The molecule has 1 saturated carbocycles. The molecule has 1 aliphatic rings. The minimum Gasteiger partial charge on any atom is -0.474 e. The van der Waals surface area contributed by atoms with Crippen molar-refractivity contribution in [3.05, 3.63) is 70.9 Å². The molecule has 38 heavy (non-hydrogen) atoms. The first-order valence-corrected chi connectivity index (χ1v) is 13.5. The fourth-order valence-electron chi connectivity index (χ4n) is 3.27. The Morgan fingerprint density at radius 1 is 1.13 bits per heavy atom. The summed E-state index contributed by atoms with van der Waals surface area (Å²) in [5.41, 5.74) is 3.74. The van der Waals surface area contributed by atoms with E-state index in [1.165, 1.54) is 0 Å². The number of carbonyl (C=O) groups is 1. The molecule has 210 valence electrons. The van der Waals surface area contributed by atoms with Gasteiger partial charge in [0, 0.05) is 5.70 Å². The van der Waals surface area contributed by atoms with Crippen molar-refractivity contribution in [2.75, 3.05) is 0 Å². The Kier molecular flexibility index (Phi) is 13.6. The maximum Gasteiger partial charge on any atom is 0.412 e. The molecule has 0 bridgehead atoms. The standard InChI is InChI=1S/C31H48N4O3/c1-11-14-16-28(37-24-18-19-24)34-27(13-3)35-29(23(7)32)25(15-12-2)22(6)17-20-26(21(4)5)33-30(36)38-31(8,9)10/h13-14,16-17,20,24,32,35H,4,11-12,15,18-19H2,1-3,5-10H3,(H,33,36)/b16-14+,22-17+,26-20+,27-13+,29-25-,32-23?,34-28-. The van der Waals surface area contributed by atoms with Gasteiger partial charge in [0.15, 0.2) is 0 Å². The van der Waals surface area contributed by atoms with Crippen LogP contribution in [0.3, 0.4) is 0 Å². The monoisotopic (exact) mass is 524 g/mol. The highest BCUT2D eigenvalue weighted by Gasteiger charge is 2.24. The quantitative estimate of drug-likeness (QED) is 0.129. The molecule has 1 aliphatic carbocycles. The first-order chi connectivity index (χ1) is 17.8. The summed E-state index contributed by atoms with van der Waals surface area (Å²) in [6.07, 6.45) is 13.9. The Balaban J connectivity index is 3.39. The van der Waals surface area contributed by atoms with E-state index in [4.69, 9.17) is 19.9 Å². The molecule has 0 heterocycles. The van der Waals surface area contributed by atoms with Gasteiger partial charge in [-0.15, -0.1) is 0 Å². The topological polar surface area (TPSA) is 95.8 Å². The minimum atomic E-state index is -0.599. The van der Waals surface area contributed by atoms with E-state index in [2.05, 4.69) is 31.1 Å². The van der Waals surface area contributed by atoms with Crippen molar-refractivity contribution >= 4 is 17.7 Å². The van der Waals surface area contributed by atoms with E-state index in [1.54, 1.807) is 6.92 Å². The largest absolute Gasteiger partial charge is 0.474 e. The van der Waals surface area contributed by atoms with Crippen molar-refractivity contribution in [2.45, 2.75) is 106 Å². The summed E-state index contributed by atoms with van der Waals surface area (Å²) in [7, 11) is 0. The lowest BCUT2D eigenvalue weighted by atomic mass is 9.97. The predicted molar refractivity (Wildman–Crippen MR) is 159 cm³/mol. The highest BCUT2D eigenvalue weighted by Crippen LogP contribution is 2.25. The van der Waals surface area contributed by atoms with Crippen molar-refractivity contribution in [2.24, 2.45) is 4.99 Å². The number of alkyl carbamates (subject to hydrolysis) is 1. The van der Waals surface area contributed by atoms with Crippen molar-refractivity contribution < 1.29 is 14.3 Å². The number of amides is 1. The molecule has 3 N–H and O–H groups in total. The Morgan fingerprint density at radius 2 is 1.79 bits per heavy atom. The Labute approximate surface area is 230 Å². The van der Waals surface area contributed by atoms with Gasteiger partial charge >= 0.3 is 6.09 Å². The molecule has 0 aliphatic heterocycles. The number of aliphatic imine (C=N–C) groups is 1. The molecule has 1 amide bonds. The van der Waals surface area contributed by atoms with Crippen LogP contribution in [0.2, 0.25) is 0 Å². The number of nitrogens with zero attached hydrogens (tertiary/aromatic N) is 1. The van der Waals surface area contributed by atoms with Crippen molar-refractivity contribution in [1.82, 2.24) is 10.6 Å². The molecule has 0 aromatic carbocycles. The third-order valence-corrected chi connectivity index (χ3v) is 5.31. The van der Waals surface area contributed by atoms with Crippen molar-refractivity contribution in [3.63, 3.8) is 0 Å². The summed E-state index contributed by atoms with van der Waals surface area (Å²) in [6.45, 7) is 21.1. The minimum absolute atomic E-state index is 0.234. The zero-order chi connectivity index (χ0) is 28.9. The molecular formula is C31H48N4O3. The van der Waals surface area contributed by atoms with Gasteiger partial charge < -0.3 is 20.2 Å². The molecule has 1 rings (SSSR count). The third-order valence-electron chi connectivity index (χ3n) is 5.31. The molecule has 0 atom stereocenters. The van der Waals surface area contributed by atoms with Crippen LogP contribution in [0.1, 0.15) is 94.4 Å². The summed E-state index contributed by atoms with van der Waals surface area (Å²) in [5.74, 6) is 1.19. The van der Waals surface area contributed by atoms with Crippen LogP contribution in [0.5, 0.6) is 0 Å². The highest BCUT2D eigenvalue weighted by atomic mass is 16.6. The van der Waals surface area contributed by atoms with Gasteiger partial charge in [-0.3, -0.25) is 5.32 Å². The first kappa shape index (κ1) is 32.7. The Bertz CT molecular complexity index is 1050. The van der Waals surface area contributed by atoms with Crippen LogP contribution in [0.15, 0.2) is 75.9 Å². The number of nitrogens with one attached hydrogen (secondary N) is 3. The van der Waals surface area contributed by atoms with Gasteiger partial charge in [0.05, 0.1) is 11.4 Å². The van der Waals surface area contributed by atoms with Crippen LogP contribution in [-0.2, 0) is 9.47 Å². The van der Waals surface area contributed by atoms with Crippen molar-refractivity contribution in [1.29, 1.82) is 5.41 Å². The second kappa shape index (κ2) is 15.8. The lowest BCUT2D eigenvalue weighted by Crippen LogP contribution is -2.32. The molecule has 7 heteroatoms. The van der Waals surface area contributed by atoms with Gasteiger partial charge in [-0.05, 0) is 109 Å². The van der Waals surface area contributed by atoms with Crippen LogP contribution < -0.4 is 10.6 Å². The average molecular weight is 525 g/mol. The van der Waals surface area contributed by atoms with Gasteiger partial charge in [0.1, 0.15) is 17.5 Å². The molecule has 0 aromatic heterocycles. The van der Waals surface area contributed by atoms with Gasteiger partial charge in [-0.25, -0.2) is 4.79 Å². The molecule has 0 aromatic rings. The smallest absolute Gasteiger partial charge is 0.412 e. The SMILES string of the molecule is C=C(C)\C(=C/C=C(C)/C(CCC)=C(\NC(=C/C)/N=C(/C=C/CC)OC1CC1)C(C)=N)NC(=O)OC(C)(C)C. The normalized spacial score (nSPS) is 16.2. The van der Waals surface area contributed by atoms with Crippen LogP contribution in [0.25, 0.3) is 0 Å². The molecule has 1 fully saturated rings. The highest BCUT2D eigenvalue weighted by molar-refractivity contribution is 5.97. The number of ether oxygens (including phenoxy) is 2. The first-order valence-electron chi connectivity index (χ1n) is 13.5. The zero-order valence-corrected chi connectivity index (χ0v) is 24.9.